The SMILES string of the molecule is O=C([O-])c1cc(C(=O)[O-])c2cc(C(=O)[O-])ccc2c1.[Na+].[Na+].[Na+]. The quantitative estimate of drug-likeness (QED) is 0.517. The van der Waals surface area contributed by atoms with Crippen LogP contribution in [0.5, 0.6) is 0 Å². The molecule has 9 heteroatoms. The Hall–Kier alpha value is 0.110. The number of fused-ring (bicyclic) bond motifs is 1. The molecule has 0 aromatic heterocycles. The van der Waals surface area contributed by atoms with Gasteiger partial charge in [-0.25, -0.2) is 0 Å². The fourth-order valence-corrected chi connectivity index (χ4v) is 1.77. The zero-order chi connectivity index (χ0) is 14.2. The van der Waals surface area contributed by atoms with E-state index in [1.165, 1.54) is 18.2 Å². The molecule has 0 aliphatic carbocycles. The molecule has 0 atom stereocenters. The van der Waals surface area contributed by atoms with Gasteiger partial charge < -0.3 is 29.7 Å². The van der Waals surface area contributed by atoms with Gasteiger partial charge >= 0.3 is 88.7 Å². The van der Waals surface area contributed by atoms with Crippen LogP contribution < -0.4 is 104 Å². The summed E-state index contributed by atoms with van der Waals surface area (Å²) in [4.78, 5) is 32.5. The van der Waals surface area contributed by atoms with Gasteiger partial charge in [0.1, 0.15) is 0 Å². The molecule has 22 heavy (non-hydrogen) atoms. The first kappa shape index (κ1) is 24.4. The van der Waals surface area contributed by atoms with Gasteiger partial charge in [-0.05, 0) is 40.1 Å². The van der Waals surface area contributed by atoms with Crippen LogP contribution in [0.3, 0.4) is 0 Å². The van der Waals surface area contributed by atoms with Crippen molar-refractivity contribution in [2.45, 2.75) is 0 Å². The van der Waals surface area contributed by atoms with Crippen molar-refractivity contribution in [2.75, 3.05) is 0 Å². The maximum absolute atomic E-state index is 11.0. The second kappa shape index (κ2) is 10.1. The number of carbonyl (C=O) groups excluding carboxylic acids is 3. The van der Waals surface area contributed by atoms with Crippen LogP contribution in [-0.4, -0.2) is 17.9 Å². The number of carboxylic acid groups (broad SMARTS) is 3. The van der Waals surface area contributed by atoms with E-state index >= 15 is 0 Å². The molecular weight excluding hydrogens is 321 g/mol. The molecule has 0 spiro atoms. The van der Waals surface area contributed by atoms with Crippen molar-refractivity contribution in [3.05, 3.63) is 47.0 Å². The number of benzene rings is 2. The van der Waals surface area contributed by atoms with Crippen LogP contribution in [0.15, 0.2) is 30.3 Å². The molecule has 0 aliphatic heterocycles. The van der Waals surface area contributed by atoms with Crippen molar-refractivity contribution in [2.24, 2.45) is 0 Å². The van der Waals surface area contributed by atoms with Gasteiger partial charge in [-0.3, -0.25) is 0 Å². The van der Waals surface area contributed by atoms with E-state index in [2.05, 4.69) is 0 Å². The molecule has 0 bridgehead atoms. The normalized spacial score (nSPS) is 8.91. The van der Waals surface area contributed by atoms with E-state index in [0.717, 1.165) is 12.1 Å². The first-order valence-corrected chi connectivity index (χ1v) is 5.12. The van der Waals surface area contributed by atoms with E-state index in [1.807, 2.05) is 0 Å². The third-order valence-electron chi connectivity index (χ3n) is 2.65. The van der Waals surface area contributed by atoms with Gasteiger partial charge in [0.25, 0.3) is 0 Å². The second-order valence-electron chi connectivity index (χ2n) is 3.82. The summed E-state index contributed by atoms with van der Waals surface area (Å²) in [6.07, 6.45) is 0. The summed E-state index contributed by atoms with van der Waals surface area (Å²) in [5.41, 5.74) is -0.955. The summed E-state index contributed by atoms with van der Waals surface area (Å²) in [5, 5.41) is 32.8. The summed E-state index contributed by atoms with van der Waals surface area (Å²) in [6.45, 7) is 0. The van der Waals surface area contributed by atoms with Gasteiger partial charge in [-0.2, -0.15) is 0 Å². The smallest absolute Gasteiger partial charge is 0.545 e. The molecule has 0 saturated carbocycles. The molecule has 2 aromatic carbocycles. The van der Waals surface area contributed by atoms with E-state index in [1.54, 1.807) is 0 Å². The van der Waals surface area contributed by atoms with Crippen molar-refractivity contribution in [1.82, 2.24) is 0 Å². The van der Waals surface area contributed by atoms with Crippen LogP contribution in [0.2, 0.25) is 0 Å². The number of rotatable bonds is 3. The minimum atomic E-state index is -1.61. The van der Waals surface area contributed by atoms with Gasteiger partial charge in [-0.1, -0.05) is 12.1 Å². The second-order valence-corrected chi connectivity index (χ2v) is 3.82. The standard InChI is InChI=1S/C13H8O6.3Na/c14-11(15)7-2-1-6-3-8(12(16)17)5-10(13(18)19)9(6)4-7;;;/h1-5H,(H,14,15)(H,16,17)(H,18,19);;;/q;3*+1/p-3. The van der Waals surface area contributed by atoms with E-state index < -0.39 is 23.5 Å². The van der Waals surface area contributed by atoms with E-state index in [0.29, 0.717) is 0 Å². The number of carbonyl (C=O) groups is 3. The van der Waals surface area contributed by atoms with Gasteiger partial charge in [0.05, 0.1) is 17.9 Å². The average Bonchev–Trinajstić information content (AvgIpc) is 2.36. The average molecular weight is 326 g/mol. The summed E-state index contributed by atoms with van der Waals surface area (Å²) < 4.78 is 0. The zero-order valence-corrected chi connectivity index (χ0v) is 18.3. The molecule has 0 unspecified atom stereocenters. The van der Waals surface area contributed by atoms with E-state index in [-0.39, 0.29) is 111 Å². The Balaban J connectivity index is 0. The van der Waals surface area contributed by atoms with Gasteiger partial charge in [0.15, 0.2) is 0 Å². The molecule has 0 fully saturated rings. The van der Waals surface area contributed by atoms with Crippen LogP contribution in [0.25, 0.3) is 10.8 Å². The van der Waals surface area contributed by atoms with Crippen LogP contribution in [0.4, 0.5) is 0 Å². The van der Waals surface area contributed by atoms with Gasteiger partial charge in [-0.15, -0.1) is 0 Å². The minimum absolute atomic E-state index is 0. The Morgan fingerprint density at radius 2 is 1.23 bits per heavy atom. The van der Waals surface area contributed by atoms with Crippen molar-refractivity contribution < 1.29 is 118 Å². The van der Waals surface area contributed by atoms with Crippen molar-refractivity contribution in [1.29, 1.82) is 0 Å². The maximum atomic E-state index is 11.0. The third kappa shape index (κ3) is 5.33. The van der Waals surface area contributed by atoms with Crippen LogP contribution in [0, 0.1) is 0 Å². The third-order valence-corrected chi connectivity index (χ3v) is 2.65. The molecular formula is C13H5Na3O6. The first-order chi connectivity index (χ1) is 8.90. The van der Waals surface area contributed by atoms with E-state index in [4.69, 9.17) is 0 Å². The molecule has 2 aromatic rings. The summed E-state index contributed by atoms with van der Waals surface area (Å²) in [7, 11) is 0. The summed E-state index contributed by atoms with van der Waals surface area (Å²) >= 11 is 0. The summed E-state index contributed by atoms with van der Waals surface area (Å²) in [6, 6.07) is 5.63. The Morgan fingerprint density at radius 1 is 0.682 bits per heavy atom. The zero-order valence-electron chi connectivity index (χ0n) is 12.3. The Morgan fingerprint density at radius 3 is 1.68 bits per heavy atom. The summed E-state index contributed by atoms with van der Waals surface area (Å²) in [5.74, 6) is -4.60. The number of carboxylic acids is 3. The molecule has 0 radical (unpaired) electrons. The van der Waals surface area contributed by atoms with Crippen molar-refractivity contribution in [3.8, 4) is 0 Å². The molecule has 0 saturated heterocycles. The van der Waals surface area contributed by atoms with Crippen LogP contribution >= 0.6 is 0 Å². The predicted octanol–water partition coefficient (Wildman–Crippen LogP) is -11.1. The topological polar surface area (TPSA) is 120 Å². The molecule has 0 heterocycles. The van der Waals surface area contributed by atoms with Gasteiger partial charge in [0, 0.05) is 5.56 Å². The Labute approximate surface area is 191 Å². The molecule has 0 amide bonds. The van der Waals surface area contributed by atoms with Crippen molar-refractivity contribution in [3.63, 3.8) is 0 Å². The molecule has 96 valence electrons. The van der Waals surface area contributed by atoms with Crippen molar-refractivity contribution >= 4 is 28.7 Å². The number of hydrogen-bond donors (Lipinski definition) is 0. The fourth-order valence-electron chi connectivity index (χ4n) is 1.77. The molecule has 6 nitrogen and oxygen atoms in total. The first-order valence-electron chi connectivity index (χ1n) is 5.12. The van der Waals surface area contributed by atoms with Gasteiger partial charge in [0.2, 0.25) is 0 Å². The monoisotopic (exact) mass is 326 g/mol. The fraction of sp³-hybridized carbons (Fsp3) is 0. The molecule has 0 N–H and O–H groups in total. The van der Waals surface area contributed by atoms with Crippen LogP contribution in [-0.2, 0) is 0 Å². The number of aromatic carboxylic acids is 3. The molecule has 2 rings (SSSR count). The molecule has 0 aliphatic rings. The Kier molecular flexibility index (Phi) is 11.2. The largest absolute Gasteiger partial charge is 1.00 e. The Bertz CT molecular complexity index is 729. The minimum Gasteiger partial charge on any atom is -0.545 e. The van der Waals surface area contributed by atoms with E-state index in [9.17, 15) is 29.7 Å². The number of hydrogen-bond acceptors (Lipinski definition) is 6. The predicted molar refractivity (Wildman–Crippen MR) is 56.9 cm³/mol. The maximum Gasteiger partial charge on any atom is 1.00 e. The van der Waals surface area contributed by atoms with Crippen LogP contribution in [0.1, 0.15) is 31.1 Å².